The molecule has 0 saturated carbocycles. The average Bonchev–Trinajstić information content (AvgIpc) is 3.05. The summed E-state index contributed by atoms with van der Waals surface area (Å²) >= 11 is 19.0. The standard InChI is InChI=1S/C36H38Cl3N3O4S/c1-4-5-19-40-36(44)34(21-27-9-7-6-8-10-27)41(23-28-14-18-31(37)33(39)20-28)35(43)24-42(29-15-13-26(3)32(38)22-29)47(45,46)30-16-11-25(2)12-17-30/h6-18,20,22,34H,4-5,19,21,23-24H2,1-3H3,(H,40,44)/t34-/m0/s1. The molecule has 0 bridgehead atoms. The highest BCUT2D eigenvalue weighted by molar-refractivity contribution is 7.92. The summed E-state index contributed by atoms with van der Waals surface area (Å²) in [7, 11) is -4.25. The summed E-state index contributed by atoms with van der Waals surface area (Å²) in [6.45, 7) is 5.50. The van der Waals surface area contributed by atoms with Gasteiger partial charge in [0.15, 0.2) is 0 Å². The number of hydrogen-bond acceptors (Lipinski definition) is 4. The van der Waals surface area contributed by atoms with Gasteiger partial charge >= 0.3 is 0 Å². The molecule has 0 saturated heterocycles. The van der Waals surface area contributed by atoms with E-state index in [0.717, 1.165) is 33.8 Å². The van der Waals surface area contributed by atoms with Crippen molar-refractivity contribution in [1.29, 1.82) is 0 Å². The monoisotopic (exact) mass is 713 g/mol. The van der Waals surface area contributed by atoms with Crippen LogP contribution in [0.15, 0.2) is 95.9 Å². The van der Waals surface area contributed by atoms with Crippen LogP contribution in [0.4, 0.5) is 5.69 Å². The number of hydrogen-bond donors (Lipinski definition) is 1. The van der Waals surface area contributed by atoms with E-state index >= 15 is 0 Å². The molecule has 4 aromatic carbocycles. The number of carbonyl (C=O) groups is 2. The number of anilines is 1. The molecule has 11 heteroatoms. The summed E-state index contributed by atoms with van der Waals surface area (Å²) in [6, 6.07) is 24.6. The zero-order valence-electron chi connectivity index (χ0n) is 26.5. The Bertz CT molecular complexity index is 1800. The molecule has 2 amide bonds. The Labute approximate surface area is 292 Å². The van der Waals surface area contributed by atoms with E-state index in [1.54, 1.807) is 49.4 Å². The van der Waals surface area contributed by atoms with E-state index in [4.69, 9.17) is 34.8 Å². The van der Waals surface area contributed by atoms with Gasteiger partial charge in [0.05, 0.1) is 20.6 Å². The lowest BCUT2D eigenvalue weighted by Crippen LogP contribution is -2.53. The van der Waals surface area contributed by atoms with Crippen LogP contribution in [-0.4, -0.2) is 44.3 Å². The van der Waals surface area contributed by atoms with Gasteiger partial charge < -0.3 is 10.2 Å². The Morgan fingerprint density at radius 2 is 1.51 bits per heavy atom. The number of amides is 2. The fourth-order valence-electron chi connectivity index (χ4n) is 5.00. The van der Waals surface area contributed by atoms with Crippen molar-refractivity contribution in [3.63, 3.8) is 0 Å². The molecular weight excluding hydrogens is 677 g/mol. The molecule has 0 fully saturated rings. The van der Waals surface area contributed by atoms with Crippen molar-refractivity contribution in [2.24, 2.45) is 0 Å². The third-order valence-electron chi connectivity index (χ3n) is 7.77. The molecule has 4 aromatic rings. The van der Waals surface area contributed by atoms with E-state index in [9.17, 15) is 18.0 Å². The molecule has 0 aliphatic carbocycles. The number of unbranched alkanes of at least 4 members (excludes halogenated alkanes) is 1. The Balaban J connectivity index is 1.82. The predicted octanol–water partition coefficient (Wildman–Crippen LogP) is 8.02. The lowest BCUT2D eigenvalue weighted by molar-refractivity contribution is -0.140. The van der Waals surface area contributed by atoms with Crippen molar-refractivity contribution in [3.05, 3.63) is 128 Å². The molecule has 4 rings (SSSR count). The number of rotatable bonds is 14. The molecule has 248 valence electrons. The van der Waals surface area contributed by atoms with E-state index in [2.05, 4.69) is 5.32 Å². The van der Waals surface area contributed by atoms with Crippen molar-refractivity contribution < 1.29 is 18.0 Å². The third-order valence-corrected chi connectivity index (χ3v) is 10.7. The first kappa shape index (κ1) is 36.3. The highest BCUT2D eigenvalue weighted by Crippen LogP contribution is 2.30. The van der Waals surface area contributed by atoms with Crippen molar-refractivity contribution in [2.45, 2.75) is 57.5 Å². The molecule has 1 N–H and O–H groups in total. The molecule has 47 heavy (non-hydrogen) atoms. The number of carbonyl (C=O) groups excluding carboxylic acids is 2. The number of nitrogens with zero attached hydrogens (tertiary/aromatic N) is 2. The van der Waals surface area contributed by atoms with Crippen molar-refractivity contribution in [1.82, 2.24) is 10.2 Å². The fraction of sp³-hybridized carbons (Fsp3) is 0.278. The molecule has 0 unspecified atom stereocenters. The molecule has 0 aliphatic heterocycles. The normalized spacial score (nSPS) is 12.0. The van der Waals surface area contributed by atoms with Crippen LogP contribution in [0.1, 0.15) is 42.0 Å². The average molecular weight is 715 g/mol. The van der Waals surface area contributed by atoms with Crippen molar-refractivity contribution >= 4 is 62.3 Å². The van der Waals surface area contributed by atoms with Crippen molar-refractivity contribution in [3.8, 4) is 0 Å². The molecule has 0 aliphatic rings. The SMILES string of the molecule is CCCCNC(=O)[C@H](Cc1ccccc1)N(Cc1ccc(Cl)c(Cl)c1)C(=O)CN(c1ccc(C)c(Cl)c1)S(=O)(=O)c1ccc(C)cc1. The Kier molecular flexibility index (Phi) is 12.7. The summed E-state index contributed by atoms with van der Waals surface area (Å²) in [4.78, 5) is 29.9. The Morgan fingerprint density at radius 1 is 0.809 bits per heavy atom. The largest absolute Gasteiger partial charge is 0.354 e. The topological polar surface area (TPSA) is 86.8 Å². The van der Waals surface area contributed by atoms with Gasteiger partial charge in [-0.05, 0) is 73.4 Å². The second kappa shape index (κ2) is 16.5. The van der Waals surface area contributed by atoms with Crippen LogP contribution in [0.25, 0.3) is 0 Å². The van der Waals surface area contributed by atoms with E-state index in [-0.39, 0.29) is 29.5 Å². The van der Waals surface area contributed by atoms with Gasteiger partial charge in [-0.1, -0.05) is 108 Å². The minimum Gasteiger partial charge on any atom is -0.354 e. The quantitative estimate of drug-likeness (QED) is 0.134. The highest BCUT2D eigenvalue weighted by Gasteiger charge is 2.34. The van der Waals surface area contributed by atoms with Gasteiger partial charge in [-0.25, -0.2) is 8.42 Å². The van der Waals surface area contributed by atoms with Crippen LogP contribution in [0.2, 0.25) is 15.1 Å². The maximum atomic E-state index is 14.6. The van der Waals surface area contributed by atoms with E-state index in [1.165, 1.54) is 23.1 Å². The van der Waals surface area contributed by atoms with E-state index in [1.807, 2.05) is 44.2 Å². The number of benzene rings is 4. The first-order valence-corrected chi connectivity index (χ1v) is 17.9. The lowest BCUT2D eigenvalue weighted by atomic mass is 10.0. The fourth-order valence-corrected chi connectivity index (χ4v) is 6.90. The van der Waals surface area contributed by atoms with Gasteiger partial charge in [-0.2, -0.15) is 0 Å². The third kappa shape index (κ3) is 9.51. The predicted molar refractivity (Wildman–Crippen MR) is 191 cm³/mol. The van der Waals surface area contributed by atoms with Crippen molar-refractivity contribution in [2.75, 3.05) is 17.4 Å². The number of nitrogens with one attached hydrogen (secondary N) is 1. The second-order valence-electron chi connectivity index (χ2n) is 11.4. The first-order chi connectivity index (χ1) is 22.4. The zero-order valence-corrected chi connectivity index (χ0v) is 29.6. The number of aryl methyl sites for hydroxylation is 2. The summed E-state index contributed by atoms with van der Waals surface area (Å²) in [6.07, 6.45) is 1.84. The Hall–Kier alpha value is -3.56. The summed E-state index contributed by atoms with van der Waals surface area (Å²) in [5.41, 5.74) is 3.32. The van der Waals surface area contributed by atoms with Gasteiger partial charge in [-0.3, -0.25) is 13.9 Å². The van der Waals surface area contributed by atoms with Gasteiger partial charge in [0.2, 0.25) is 11.8 Å². The Morgan fingerprint density at radius 3 is 2.15 bits per heavy atom. The number of halogens is 3. The maximum Gasteiger partial charge on any atom is 0.264 e. The lowest BCUT2D eigenvalue weighted by Gasteiger charge is -2.34. The molecule has 7 nitrogen and oxygen atoms in total. The van der Waals surface area contributed by atoms with E-state index < -0.39 is 28.5 Å². The van der Waals surface area contributed by atoms with Crippen LogP contribution in [-0.2, 0) is 32.6 Å². The van der Waals surface area contributed by atoms with Crippen LogP contribution >= 0.6 is 34.8 Å². The van der Waals surface area contributed by atoms with Crippen LogP contribution in [0, 0.1) is 13.8 Å². The van der Waals surface area contributed by atoms with Gasteiger partial charge in [0, 0.05) is 24.5 Å². The summed E-state index contributed by atoms with van der Waals surface area (Å²) in [5.74, 6) is -0.933. The van der Waals surface area contributed by atoms with E-state index in [0.29, 0.717) is 27.2 Å². The van der Waals surface area contributed by atoms with Crippen LogP contribution in [0.3, 0.4) is 0 Å². The van der Waals surface area contributed by atoms with Gasteiger partial charge in [-0.15, -0.1) is 0 Å². The molecule has 1 atom stereocenters. The van der Waals surface area contributed by atoms with Crippen LogP contribution in [0.5, 0.6) is 0 Å². The highest BCUT2D eigenvalue weighted by atomic mass is 35.5. The van der Waals surface area contributed by atoms with Crippen LogP contribution < -0.4 is 9.62 Å². The molecule has 0 spiro atoms. The minimum atomic E-state index is -4.25. The smallest absolute Gasteiger partial charge is 0.264 e. The van der Waals surface area contributed by atoms with Gasteiger partial charge in [0.25, 0.3) is 10.0 Å². The molecular formula is C36H38Cl3N3O4S. The number of sulfonamides is 1. The second-order valence-corrected chi connectivity index (χ2v) is 14.5. The maximum absolute atomic E-state index is 14.6. The molecule has 0 radical (unpaired) electrons. The first-order valence-electron chi connectivity index (χ1n) is 15.3. The summed E-state index contributed by atoms with van der Waals surface area (Å²) in [5, 5.41) is 3.97. The minimum absolute atomic E-state index is 0.0155. The zero-order chi connectivity index (χ0) is 34.1. The summed E-state index contributed by atoms with van der Waals surface area (Å²) < 4.78 is 29.5. The van der Waals surface area contributed by atoms with Gasteiger partial charge in [0.1, 0.15) is 12.6 Å². The molecule has 0 aromatic heterocycles. The molecule has 0 heterocycles.